The molecule has 0 saturated carbocycles. The fraction of sp³-hybridized carbons (Fsp3) is 0.857. The lowest BCUT2D eigenvalue weighted by Crippen LogP contribution is -2.86. The predicted octanol–water partition coefficient (Wildman–Crippen LogP) is -0.344. The van der Waals surface area contributed by atoms with Crippen molar-refractivity contribution in [2.75, 3.05) is 0 Å². The zero-order chi connectivity index (χ0) is 7.72. The van der Waals surface area contributed by atoms with E-state index in [-0.39, 0.29) is 0 Å². The van der Waals surface area contributed by atoms with E-state index in [4.69, 9.17) is 5.73 Å². The van der Waals surface area contributed by atoms with Crippen LogP contribution in [0.25, 0.3) is 0 Å². The van der Waals surface area contributed by atoms with Crippen LogP contribution >= 0.6 is 22.6 Å². The first-order valence-electron chi connectivity index (χ1n) is 3.64. The van der Waals surface area contributed by atoms with Crippen molar-refractivity contribution in [3.63, 3.8) is 0 Å². The fourth-order valence-electron chi connectivity index (χ4n) is 1.15. The van der Waals surface area contributed by atoms with Gasteiger partial charge in [-0.1, -0.05) is 29.5 Å². The molecule has 0 radical (unpaired) electrons. The average molecular weight is 253 g/mol. The van der Waals surface area contributed by atoms with Crippen LogP contribution in [-0.4, -0.2) is 15.8 Å². The van der Waals surface area contributed by atoms with Crippen LogP contribution in [0.4, 0.5) is 0 Å². The van der Waals surface area contributed by atoms with Crippen LogP contribution in [0.3, 0.4) is 0 Å². The van der Waals surface area contributed by atoms with Gasteiger partial charge >= 0.3 is 0 Å². The first-order chi connectivity index (χ1) is 4.61. The lowest BCUT2D eigenvalue weighted by atomic mass is 9.95. The second-order valence-corrected chi connectivity index (χ2v) is 4.57. The third kappa shape index (κ3) is 1.62. The van der Waals surface area contributed by atoms with E-state index < -0.39 is 0 Å². The summed E-state index contributed by atoms with van der Waals surface area (Å²) in [5.74, 6) is 1.69. The molecule has 58 valence electrons. The predicted molar refractivity (Wildman–Crippen MR) is 51.2 cm³/mol. The Balaban J connectivity index is 2.69. The zero-order valence-electron chi connectivity index (χ0n) is 6.39. The molecule has 0 fully saturated rings. The quantitative estimate of drug-likeness (QED) is 0.450. The third-order valence-electron chi connectivity index (χ3n) is 2.16. The van der Waals surface area contributed by atoms with Crippen LogP contribution in [0.5, 0.6) is 0 Å². The number of hydrogen-bond donors (Lipinski definition) is 2. The molecular weight excluding hydrogens is 239 g/mol. The molecule has 0 aromatic carbocycles. The van der Waals surface area contributed by atoms with Gasteiger partial charge in [-0.3, -0.25) is 10.7 Å². The Hall–Kier alpha value is 0.200. The number of alkyl halides is 1. The molecule has 0 amide bonds. The highest BCUT2D eigenvalue weighted by Crippen LogP contribution is 2.16. The van der Waals surface area contributed by atoms with Gasteiger partial charge in [-0.15, -0.1) is 0 Å². The van der Waals surface area contributed by atoms with Gasteiger partial charge in [0.15, 0.2) is 0 Å². The summed E-state index contributed by atoms with van der Waals surface area (Å²) in [5, 5.41) is 0. The minimum Gasteiger partial charge on any atom is -0.290 e. The molecule has 1 aliphatic rings. The van der Waals surface area contributed by atoms with Crippen molar-refractivity contribution in [1.29, 1.82) is 0 Å². The summed E-state index contributed by atoms with van der Waals surface area (Å²) in [4.78, 5) is 3.27. The number of nitrogens with two attached hydrogens (primary N) is 1. The highest BCUT2D eigenvalue weighted by Gasteiger charge is 2.27. The van der Waals surface area contributed by atoms with Crippen molar-refractivity contribution in [1.82, 2.24) is 0 Å². The van der Waals surface area contributed by atoms with E-state index >= 15 is 0 Å². The van der Waals surface area contributed by atoms with Gasteiger partial charge in [-0.25, -0.2) is 0 Å². The summed E-state index contributed by atoms with van der Waals surface area (Å²) in [7, 11) is 0. The fourth-order valence-corrected chi connectivity index (χ4v) is 2.13. The molecule has 0 aromatic heterocycles. The van der Waals surface area contributed by atoms with Crippen LogP contribution in [0.2, 0.25) is 0 Å². The molecule has 0 aliphatic carbocycles. The maximum atomic E-state index is 5.73. The molecule has 3 N–H and O–H groups in total. The Morgan fingerprint density at radius 3 is 2.70 bits per heavy atom. The molecule has 1 aliphatic heterocycles. The molecule has 2 nitrogen and oxygen atoms in total. The second-order valence-electron chi connectivity index (χ2n) is 3.07. The van der Waals surface area contributed by atoms with Gasteiger partial charge in [0.2, 0.25) is 0 Å². The standard InChI is InChI=1S/C7H13IN2/c1-4-3-6(8)7(9)10-5(4)2/h4-6H,3H2,1-2H3,(H2,9,10)/p+1/t4-,5?,6+/m1/s1. The van der Waals surface area contributed by atoms with Crippen molar-refractivity contribution in [2.45, 2.75) is 30.2 Å². The molecule has 0 saturated heterocycles. The number of hydrogen-bond acceptors (Lipinski definition) is 1. The summed E-state index contributed by atoms with van der Waals surface area (Å²) in [5.41, 5.74) is 5.73. The lowest BCUT2D eigenvalue weighted by Gasteiger charge is -2.22. The Morgan fingerprint density at radius 1 is 1.60 bits per heavy atom. The Bertz CT molecular complexity index is 156. The monoisotopic (exact) mass is 253 g/mol. The molecule has 0 spiro atoms. The molecule has 1 heterocycles. The van der Waals surface area contributed by atoms with E-state index in [9.17, 15) is 0 Å². The molecule has 10 heavy (non-hydrogen) atoms. The maximum Gasteiger partial charge on any atom is 0.253 e. The van der Waals surface area contributed by atoms with Gasteiger partial charge in [0, 0.05) is 0 Å². The summed E-state index contributed by atoms with van der Waals surface area (Å²) < 4.78 is 0.517. The molecule has 3 atom stereocenters. The first-order valence-corrected chi connectivity index (χ1v) is 4.88. The van der Waals surface area contributed by atoms with E-state index in [0.717, 1.165) is 11.8 Å². The Labute approximate surface area is 75.4 Å². The van der Waals surface area contributed by atoms with Gasteiger partial charge < -0.3 is 0 Å². The van der Waals surface area contributed by atoms with Crippen molar-refractivity contribution in [3.8, 4) is 0 Å². The van der Waals surface area contributed by atoms with Crippen molar-refractivity contribution in [2.24, 2.45) is 11.7 Å². The maximum absolute atomic E-state index is 5.73. The largest absolute Gasteiger partial charge is 0.290 e. The minimum atomic E-state index is 0.517. The van der Waals surface area contributed by atoms with Crippen molar-refractivity contribution >= 4 is 28.4 Å². The van der Waals surface area contributed by atoms with E-state index in [1.54, 1.807) is 0 Å². The summed E-state index contributed by atoms with van der Waals surface area (Å²) >= 11 is 2.38. The smallest absolute Gasteiger partial charge is 0.253 e. The molecule has 3 heteroatoms. The number of rotatable bonds is 0. The molecule has 1 unspecified atom stereocenters. The lowest BCUT2D eigenvalue weighted by molar-refractivity contribution is -0.515. The number of amidine groups is 1. The first kappa shape index (κ1) is 8.30. The normalized spacial score (nSPS) is 41.1. The highest BCUT2D eigenvalue weighted by molar-refractivity contribution is 14.1. The van der Waals surface area contributed by atoms with Crippen LogP contribution in [0, 0.1) is 5.92 Å². The zero-order valence-corrected chi connectivity index (χ0v) is 8.55. The van der Waals surface area contributed by atoms with Crippen LogP contribution in [-0.2, 0) is 0 Å². The highest BCUT2D eigenvalue weighted by atomic mass is 127. The third-order valence-corrected chi connectivity index (χ3v) is 3.34. The van der Waals surface area contributed by atoms with Gasteiger partial charge in [-0.2, -0.15) is 0 Å². The van der Waals surface area contributed by atoms with Gasteiger partial charge in [0.05, 0.1) is 6.04 Å². The van der Waals surface area contributed by atoms with E-state index in [0.29, 0.717) is 9.97 Å². The SMILES string of the molecule is CC1[NH+]=C(N)[C@@H](I)C[C@H]1C. The minimum absolute atomic E-state index is 0.517. The molecule has 1 rings (SSSR count). The van der Waals surface area contributed by atoms with E-state index in [2.05, 4.69) is 41.4 Å². The van der Waals surface area contributed by atoms with Gasteiger partial charge in [0.25, 0.3) is 5.84 Å². The van der Waals surface area contributed by atoms with Gasteiger partial charge in [0.1, 0.15) is 3.92 Å². The van der Waals surface area contributed by atoms with Crippen molar-refractivity contribution < 1.29 is 4.99 Å². The summed E-state index contributed by atoms with van der Waals surface area (Å²) in [6.45, 7) is 4.44. The average Bonchev–Trinajstić information content (AvgIpc) is 1.84. The topological polar surface area (TPSA) is 40.0 Å². The van der Waals surface area contributed by atoms with E-state index in [1.165, 1.54) is 6.42 Å². The second kappa shape index (κ2) is 3.07. The Kier molecular flexibility index (Phi) is 2.55. The van der Waals surface area contributed by atoms with E-state index in [1.807, 2.05) is 0 Å². The van der Waals surface area contributed by atoms with Crippen LogP contribution < -0.4 is 10.7 Å². The molecule has 0 aromatic rings. The number of halogens is 1. The summed E-state index contributed by atoms with van der Waals surface area (Å²) in [6.07, 6.45) is 1.21. The van der Waals surface area contributed by atoms with Gasteiger partial charge in [-0.05, 0) is 19.3 Å². The van der Waals surface area contributed by atoms with Crippen LogP contribution in [0.1, 0.15) is 20.3 Å². The molecule has 0 bridgehead atoms. The number of nitrogens with one attached hydrogen (secondary N) is 1. The molecular formula is C7H14IN2+. The Morgan fingerprint density at radius 2 is 2.20 bits per heavy atom. The summed E-state index contributed by atoms with van der Waals surface area (Å²) in [6, 6.07) is 0.547. The van der Waals surface area contributed by atoms with Crippen LogP contribution in [0.15, 0.2) is 0 Å². The van der Waals surface area contributed by atoms with Crippen molar-refractivity contribution in [3.05, 3.63) is 0 Å².